The summed E-state index contributed by atoms with van der Waals surface area (Å²) in [5.41, 5.74) is 0.205. The molecule has 6 rings (SSSR count). The smallest absolute Gasteiger partial charge is 0.286 e. The number of likely N-dealkylation sites (tertiary alicyclic amines) is 1. The number of ketones is 1. The minimum atomic E-state index is -4.30. The summed E-state index contributed by atoms with van der Waals surface area (Å²) in [7, 11) is -7.91. The number of nitrogens with zero attached hydrogens (tertiary/aromatic N) is 2. The van der Waals surface area contributed by atoms with Crippen molar-refractivity contribution in [3.05, 3.63) is 40.6 Å². The monoisotopic (exact) mass is 548 g/mol. The van der Waals surface area contributed by atoms with E-state index in [0.29, 0.717) is 6.54 Å². The molecule has 3 heterocycles. The molecule has 36 heavy (non-hydrogen) atoms. The highest BCUT2D eigenvalue weighted by Crippen LogP contribution is 2.54. The maximum Gasteiger partial charge on any atom is 0.286 e. The largest absolute Gasteiger partial charge is 0.341 e. The molecule has 190 valence electrons. The number of Topliss-reactive ketones (excluding diaryl/α,β-unsaturated/α-hetero) is 1. The summed E-state index contributed by atoms with van der Waals surface area (Å²) in [6, 6.07) is 7.67. The van der Waals surface area contributed by atoms with E-state index in [0.717, 1.165) is 30.4 Å². The molecule has 1 aromatic heterocycles. The van der Waals surface area contributed by atoms with Gasteiger partial charge in [-0.2, -0.15) is 8.42 Å². The Bertz CT molecular complexity index is 1520. The van der Waals surface area contributed by atoms with Gasteiger partial charge >= 0.3 is 0 Å². The van der Waals surface area contributed by atoms with Crippen LogP contribution in [0.15, 0.2) is 45.0 Å². The van der Waals surface area contributed by atoms with Gasteiger partial charge in [-0.3, -0.25) is 14.3 Å². The van der Waals surface area contributed by atoms with E-state index < -0.39 is 31.9 Å². The Kier molecular flexibility index (Phi) is 5.33. The van der Waals surface area contributed by atoms with E-state index in [1.165, 1.54) is 29.5 Å². The van der Waals surface area contributed by atoms with Crippen LogP contribution in [0.3, 0.4) is 0 Å². The van der Waals surface area contributed by atoms with E-state index in [1.807, 2.05) is 17.5 Å². The van der Waals surface area contributed by atoms with E-state index >= 15 is 0 Å². The fraction of sp³-hybridized carbons (Fsp3) is 0.435. The van der Waals surface area contributed by atoms with Crippen LogP contribution in [0.5, 0.6) is 0 Å². The predicted molar refractivity (Wildman–Crippen MR) is 135 cm³/mol. The molecule has 2 aliphatic heterocycles. The number of hydrogen-bond donors (Lipinski definition) is 2. The van der Waals surface area contributed by atoms with Crippen molar-refractivity contribution in [2.45, 2.75) is 36.7 Å². The highest BCUT2D eigenvalue weighted by atomic mass is 32.2. The van der Waals surface area contributed by atoms with Crippen LogP contribution >= 0.6 is 11.3 Å². The zero-order chi connectivity index (χ0) is 25.4. The molecule has 2 aromatic rings. The first-order valence-electron chi connectivity index (χ1n) is 11.6. The lowest BCUT2D eigenvalue weighted by Gasteiger charge is -2.45. The van der Waals surface area contributed by atoms with Crippen molar-refractivity contribution < 1.29 is 26.4 Å². The Labute approximate surface area is 212 Å². The SMILES string of the molecule is CS(=O)(=O)Nc1ccc2c(c1)S(=O)(=O)N=C(C1C(=O)[C@@H]3[C@H]4CC[C@H](C4)[C@@H]3N(Cc3cccs3)C1=O)N2. The Hall–Kier alpha value is -2.77. The summed E-state index contributed by atoms with van der Waals surface area (Å²) < 4.78 is 55.5. The molecule has 3 fully saturated rings. The van der Waals surface area contributed by atoms with Crippen LogP contribution in [0.4, 0.5) is 11.4 Å². The number of amides is 1. The molecule has 1 unspecified atom stereocenters. The minimum Gasteiger partial charge on any atom is -0.341 e. The average Bonchev–Trinajstić information content (AvgIpc) is 3.54. The maximum atomic E-state index is 13.8. The van der Waals surface area contributed by atoms with Gasteiger partial charge in [-0.1, -0.05) is 6.07 Å². The zero-order valence-electron chi connectivity index (χ0n) is 19.2. The number of benzene rings is 1. The number of sulfonamides is 2. The number of rotatable bonds is 5. The Morgan fingerprint density at radius 1 is 1.19 bits per heavy atom. The summed E-state index contributed by atoms with van der Waals surface area (Å²) in [5.74, 6) is -2.09. The normalized spacial score (nSPS) is 30.4. The number of anilines is 2. The van der Waals surface area contributed by atoms with Crippen LogP contribution in [-0.2, 0) is 36.2 Å². The van der Waals surface area contributed by atoms with Crippen molar-refractivity contribution in [1.82, 2.24) is 4.90 Å². The van der Waals surface area contributed by atoms with E-state index in [2.05, 4.69) is 14.4 Å². The van der Waals surface area contributed by atoms with Gasteiger partial charge in [0.05, 0.1) is 18.5 Å². The number of hydrogen-bond acceptors (Lipinski definition) is 8. The fourth-order valence-electron chi connectivity index (χ4n) is 6.32. The van der Waals surface area contributed by atoms with E-state index in [-0.39, 0.29) is 51.7 Å². The molecule has 13 heteroatoms. The minimum absolute atomic E-state index is 0.0667. The van der Waals surface area contributed by atoms with Crippen LogP contribution < -0.4 is 10.0 Å². The van der Waals surface area contributed by atoms with E-state index in [1.54, 1.807) is 4.90 Å². The lowest BCUT2D eigenvalue weighted by atomic mass is 9.73. The second-order valence-electron chi connectivity index (χ2n) is 9.89. The molecule has 0 radical (unpaired) electrons. The van der Waals surface area contributed by atoms with Gasteiger partial charge in [0.15, 0.2) is 11.7 Å². The topological polar surface area (TPSA) is 142 Å². The molecule has 4 aliphatic rings. The third-order valence-electron chi connectivity index (χ3n) is 7.60. The van der Waals surface area contributed by atoms with Gasteiger partial charge in [0.1, 0.15) is 10.7 Å². The number of thiophene rings is 1. The first-order valence-corrected chi connectivity index (χ1v) is 15.8. The van der Waals surface area contributed by atoms with Crippen molar-refractivity contribution >= 4 is 60.3 Å². The summed E-state index contributed by atoms with van der Waals surface area (Å²) in [4.78, 5) is 30.1. The molecule has 2 saturated carbocycles. The van der Waals surface area contributed by atoms with Gasteiger partial charge in [-0.25, -0.2) is 8.42 Å². The fourth-order valence-corrected chi connectivity index (χ4v) is 8.76. The predicted octanol–water partition coefficient (Wildman–Crippen LogP) is 2.27. The first-order chi connectivity index (χ1) is 17.0. The van der Waals surface area contributed by atoms with Crippen LogP contribution in [-0.4, -0.2) is 51.6 Å². The van der Waals surface area contributed by atoms with Gasteiger partial charge in [0.25, 0.3) is 10.0 Å². The van der Waals surface area contributed by atoms with Gasteiger partial charge in [0.2, 0.25) is 15.9 Å². The number of carbonyl (C=O) groups excluding carboxylic acids is 2. The molecule has 10 nitrogen and oxygen atoms in total. The zero-order valence-corrected chi connectivity index (χ0v) is 21.7. The highest BCUT2D eigenvalue weighted by molar-refractivity contribution is 7.92. The number of nitrogens with one attached hydrogen (secondary N) is 2. The molecule has 5 atom stereocenters. The Morgan fingerprint density at radius 3 is 2.69 bits per heavy atom. The highest BCUT2D eigenvalue weighted by Gasteiger charge is 2.60. The van der Waals surface area contributed by atoms with Crippen molar-refractivity contribution in [3.8, 4) is 0 Å². The molecular formula is C23H24N4O6S3. The molecule has 1 saturated heterocycles. The van der Waals surface area contributed by atoms with Crippen LogP contribution in [0.2, 0.25) is 0 Å². The molecule has 1 aromatic carbocycles. The molecule has 2 N–H and O–H groups in total. The lowest BCUT2D eigenvalue weighted by molar-refractivity contribution is -0.153. The summed E-state index contributed by atoms with van der Waals surface area (Å²) in [6.07, 6.45) is 3.78. The number of carbonyl (C=O) groups is 2. The third kappa shape index (κ3) is 3.84. The van der Waals surface area contributed by atoms with Gasteiger partial charge in [-0.15, -0.1) is 15.7 Å². The Morgan fingerprint density at radius 2 is 1.97 bits per heavy atom. The summed E-state index contributed by atoms with van der Waals surface area (Å²) in [6.45, 7) is 0.377. The van der Waals surface area contributed by atoms with E-state index in [9.17, 15) is 26.4 Å². The van der Waals surface area contributed by atoms with Crippen molar-refractivity contribution in [1.29, 1.82) is 0 Å². The molecular weight excluding hydrogens is 524 g/mol. The average molecular weight is 549 g/mol. The third-order valence-corrected chi connectivity index (χ3v) is 10.4. The molecule has 2 aliphatic carbocycles. The molecule has 2 bridgehead atoms. The standard InChI is InChI=1S/C23H24N4O6S3/c1-35(30,31)25-14-6-7-16-17(10-14)36(32,33)26-22(24-16)19-21(28)18-12-4-5-13(9-12)20(18)27(23(19)29)11-15-3-2-8-34-15/h2-3,6-8,10,12-13,18-20,25H,4-5,9,11H2,1H3,(H,24,26)/t12-,13+,18+,19?,20-/m0/s1. The second-order valence-corrected chi connectivity index (χ2v) is 14.2. The first kappa shape index (κ1) is 23.6. The van der Waals surface area contributed by atoms with Crippen molar-refractivity contribution in [3.63, 3.8) is 0 Å². The second kappa shape index (κ2) is 8.12. The number of piperidine rings is 1. The van der Waals surface area contributed by atoms with Crippen LogP contribution in [0.25, 0.3) is 0 Å². The molecule has 1 amide bonds. The summed E-state index contributed by atoms with van der Waals surface area (Å²) >= 11 is 1.54. The van der Waals surface area contributed by atoms with Crippen molar-refractivity contribution in [2.24, 2.45) is 28.1 Å². The summed E-state index contributed by atoms with van der Waals surface area (Å²) in [5, 5.41) is 4.84. The number of amidine groups is 1. The lowest BCUT2D eigenvalue weighted by Crippen LogP contribution is -2.61. The quantitative estimate of drug-likeness (QED) is 0.546. The van der Waals surface area contributed by atoms with Gasteiger partial charge < -0.3 is 10.2 Å². The maximum absolute atomic E-state index is 13.8. The van der Waals surface area contributed by atoms with Gasteiger partial charge in [0, 0.05) is 22.5 Å². The van der Waals surface area contributed by atoms with Crippen LogP contribution in [0, 0.1) is 23.7 Å². The Balaban J connectivity index is 1.38. The molecule has 0 spiro atoms. The van der Waals surface area contributed by atoms with Crippen LogP contribution in [0.1, 0.15) is 24.1 Å². The van der Waals surface area contributed by atoms with Crippen molar-refractivity contribution in [2.75, 3.05) is 16.3 Å². The number of fused-ring (bicyclic) bond motifs is 6. The van der Waals surface area contributed by atoms with Gasteiger partial charge in [-0.05, 0) is 60.7 Å². The van der Waals surface area contributed by atoms with E-state index in [4.69, 9.17) is 0 Å².